The maximum absolute atomic E-state index is 3.75. The van der Waals surface area contributed by atoms with Crippen molar-refractivity contribution >= 4 is 0 Å². The molecule has 1 heteroatoms. The van der Waals surface area contributed by atoms with Gasteiger partial charge in [-0.3, -0.25) is 0 Å². The summed E-state index contributed by atoms with van der Waals surface area (Å²) in [4.78, 5) is 0. The summed E-state index contributed by atoms with van der Waals surface area (Å²) in [5.74, 6) is 0. The minimum absolute atomic E-state index is 0.951. The van der Waals surface area contributed by atoms with Gasteiger partial charge in [0.15, 0.2) is 0 Å². The predicted octanol–water partition coefficient (Wildman–Crippen LogP) is 2.00. The highest BCUT2D eigenvalue weighted by Crippen LogP contribution is 1.96. The average Bonchev–Trinajstić information content (AvgIpc) is 2.07. The van der Waals surface area contributed by atoms with E-state index in [1.807, 2.05) is 6.07 Å². The molecule has 0 amide bonds. The number of nitrogens with one attached hydrogen (secondary N) is 1. The van der Waals surface area contributed by atoms with Crippen molar-refractivity contribution in [1.82, 2.24) is 5.32 Å². The zero-order valence-electron chi connectivity index (χ0n) is 6.72. The summed E-state index contributed by atoms with van der Waals surface area (Å²) in [5.41, 5.74) is 1.33. The molecule has 0 aromatic heterocycles. The molecule has 0 aliphatic carbocycles. The van der Waals surface area contributed by atoms with Gasteiger partial charge in [0.2, 0.25) is 0 Å². The van der Waals surface area contributed by atoms with E-state index in [9.17, 15) is 0 Å². The molecule has 1 aromatic rings. The number of benzene rings is 1. The third-order valence-electron chi connectivity index (χ3n) is 1.53. The molecule has 0 atom stereocenters. The summed E-state index contributed by atoms with van der Waals surface area (Å²) in [6.45, 7) is 5.70. The highest BCUT2D eigenvalue weighted by atomic mass is 14.8. The van der Waals surface area contributed by atoms with Crippen molar-refractivity contribution in [1.29, 1.82) is 0 Å². The van der Waals surface area contributed by atoms with Crippen LogP contribution < -0.4 is 5.32 Å². The topological polar surface area (TPSA) is 12.0 Å². The first-order valence-corrected chi connectivity index (χ1v) is 3.97. The molecule has 0 aliphatic rings. The van der Waals surface area contributed by atoms with Gasteiger partial charge in [-0.2, -0.15) is 0 Å². The Morgan fingerprint density at radius 2 is 1.91 bits per heavy atom. The quantitative estimate of drug-likeness (QED) is 0.644. The van der Waals surface area contributed by atoms with Crippen LogP contribution in [0.3, 0.4) is 0 Å². The summed E-state index contributed by atoms with van der Waals surface area (Å²) in [6.07, 6.45) is 0.951. The second-order valence-corrected chi connectivity index (χ2v) is 2.52. The van der Waals surface area contributed by atoms with Gasteiger partial charge in [0.25, 0.3) is 0 Å². The molecule has 0 saturated heterocycles. The van der Waals surface area contributed by atoms with E-state index in [0.29, 0.717) is 0 Å². The maximum atomic E-state index is 3.75. The second-order valence-electron chi connectivity index (χ2n) is 2.52. The Balaban J connectivity index is 2.28. The molecule has 0 heterocycles. The summed E-state index contributed by atoms with van der Waals surface area (Å²) in [7, 11) is 0. The lowest BCUT2D eigenvalue weighted by Gasteiger charge is -2.01. The standard InChI is InChI=1S/C10H14N/c1-2-8-11-9-10-6-4-3-5-7-10/h3-7,11H,1-2,8-9H2. The van der Waals surface area contributed by atoms with Crippen LogP contribution in [0, 0.1) is 6.92 Å². The first kappa shape index (κ1) is 8.28. The van der Waals surface area contributed by atoms with E-state index in [1.165, 1.54) is 5.56 Å². The Bertz CT molecular complexity index is 181. The Morgan fingerprint density at radius 1 is 1.18 bits per heavy atom. The Labute approximate surface area is 68.4 Å². The Morgan fingerprint density at radius 3 is 2.55 bits per heavy atom. The molecule has 0 unspecified atom stereocenters. The van der Waals surface area contributed by atoms with E-state index in [4.69, 9.17) is 0 Å². The fourth-order valence-electron chi connectivity index (χ4n) is 0.954. The fourth-order valence-corrected chi connectivity index (χ4v) is 0.954. The first-order valence-electron chi connectivity index (χ1n) is 3.97. The molecule has 0 fully saturated rings. The molecule has 0 spiro atoms. The number of hydrogen-bond acceptors (Lipinski definition) is 1. The van der Waals surface area contributed by atoms with E-state index in [-0.39, 0.29) is 0 Å². The van der Waals surface area contributed by atoms with Crippen LogP contribution in [0.2, 0.25) is 0 Å². The van der Waals surface area contributed by atoms with Crippen LogP contribution in [-0.4, -0.2) is 6.54 Å². The van der Waals surface area contributed by atoms with Crippen LogP contribution in [0.4, 0.5) is 0 Å². The molecular formula is C10H14N. The van der Waals surface area contributed by atoms with Crippen molar-refractivity contribution in [3.05, 3.63) is 42.8 Å². The normalized spacial score (nSPS) is 9.91. The minimum atomic E-state index is 0.951. The van der Waals surface area contributed by atoms with E-state index in [2.05, 4.69) is 36.5 Å². The van der Waals surface area contributed by atoms with Crippen molar-refractivity contribution in [2.24, 2.45) is 0 Å². The molecule has 1 radical (unpaired) electrons. The number of hydrogen-bond donors (Lipinski definition) is 1. The van der Waals surface area contributed by atoms with Crippen LogP contribution in [0.5, 0.6) is 0 Å². The molecule has 0 saturated carbocycles. The van der Waals surface area contributed by atoms with E-state index < -0.39 is 0 Å². The van der Waals surface area contributed by atoms with Crippen LogP contribution in [0.25, 0.3) is 0 Å². The monoisotopic (exact) mass is 148 g/mol. The molecule has 0 bridgehead atoms. The molecule has 1 N–H and O–H groups in total. The maximum Gasteiger partial charge on any atom is 0.0205 e. The SMILES string of the molecule is [CH2]CCNCc1ccccc1. The van der Waals surface area contributed by atoms with Crippen LogP contribution >= 0.6 is 0 Å². The van der Waals surface area contributed by atoms with E-state index in [0.717, 1.165) is 19.5 Å². The minimum Gasteiger partial charge on any atom is -0.313 e. The molecule has 1 aromatic carbocycles. The molecule has 1 rings (SSSR count). The van der Waals surface area contributed by atoms with Crippen LogP contribution in [-0.2, 0) is 6.54 Å². The third-order valence-corrected chi connectivity index (χ3v) is 1.53. The highest BCUT2D eigenvalue weighted by Gasteiger charge is 1.87. The Kier molecular flexibility index (Phi) is 3.70. The van der Waals surface area contributed by atoms with Gasteiger partial charge in [0.1, 0.15) is 0 Å². The van der Waals surface area contributed by atoms with Gasteiger partial charge < -0.3 is 5.32 Å². The van der Waals surface area contributed by atoms with Gasteiger partial charge >= 0.3 is 0 Å². The predicted molar refractivity (Wildman–Crippen MR) is 48.1 cm³/mol. The molecular weight excluding hydrogens is 134 g/mol. The second kappa shape index (κ2) is 4.91. The largest absolute Gasteiger partial charge is 0.313 e. The Hall–Kier alpha value is -0.820. The zero-order chi connectivity index (χ0) is 7.94. The lowest BCUT2D eigenvalue weighted by atomic mass is 10.2. The molecule has 59 valence electrons. The van der Waals surface area contributed by atoms with E-state index >= 15 is 0 Å². The van der Waals surface area contributed by atoms with Crippen molar-refractivity contribution in [2.45, 2.75) is 13.0 Å². The van der Waals surface area contributed by atoms with Gasteiger partial charge in [-0.15, -0.1) is 0 Å². The highest BCUT2D eigenvalue weighted by molar-refractivity contribution is 5.14. The van der Waals surface area contributed by atoms with Gasteiger partial charge in [-0.1, -0.05) is 37.3 Å². The fraction of sp³-hybridized carbons (Fsp3) is 0.300. The van der Waals surface area contributed by atoms with Gasteiger partial charge in [-0.25, -0.2) is 0 Å². The summed E-state index contributed by atoms with van der Waals surface area (Å²) in [6, 6.07) is 10.4. The van der Waals surface area contributed by atoms with Crippen molar-refractivity contribution in [3.63, 3.8) is 0 Å². The van der Waals surface area contributed by atoms with E-state index in [1.54, 1.807) is 0 Å². The smallest absolute Gasteiger partial charge is 0.0205 e. The van der Waals surface area contributed by atoms with Gasteiger partial charge in [-0.05, 0) is 18.5 Å². The lowest BCUT2D eigenvalue weighted by molar-refractivity contribution is 0.694. The van der Waals surface area contributed by atoms with Crippen LogP contribution in [0.1, 0.15) is 12.0 Å². The van der Waals surface area contributed by atoms with Gasteiger partial charge in [0.05, 0.1) is 0 Å². The average molecular weight is 148 g/mol. The summed E-state index contributed by atoms with van der Waals surface area (Å²) >= 11 is 0. The van der Waals surface area contributed by atoms with Crippen LogP contribution in [0.15, 0.2) is 30.3 Å². The molecule has 11 heavy (non-hydrogen) atoms. The third kappa shape index (κ3) is 3.19. The van der Waals surface area contributed by atoms with Crippen molar-refractivity contribution in [2.75, 3.05) is 6.54 Å². The molecule has 1 nitrogen and oxygen atoms in total. The summed E-state index contributed by atoms with van der Waals surface area (Å²) < 4.78 is 0. The number of rotatable bonds is 4. The summed E-state index contributed by atoms with van der Waals surface area (Å²) in [5, 5.41) is 3.29. The van der Waals surface area contributed by atoms with Crippen molar-refractivity contribution in [3.8, 4) is 0 Å². The van der Waals surface area contributed by atoms with Crippen molar-refractivity contribution < 1.29 is 0 Å². The molecule has 0 aliphatic heterocycles. The van der Waals surface area contributed by atoms with Gasteiger partial charge in [0, 0.05) is 6.54 Å². The zero-order valence-corrected chi connectivity index (χ0v) is 6.72. The first-order chi connectivity index (χ1) is 5.43. The lowest BCUT2D eigenvalue weighted by Crippen LogP contribution is -2.13.